The number of nitrogens with two attached hydrogens (primary N) is 2. The molecule has 0 bridgehead atoms. The third kappa shape index (κ3) is 1.74. The molecule has 1 aromatic heterocycles. The van der Waals surface area contributed by atoms with Crippen molar-refractivity contribution in [1.82, 2.24) is 15.0 Å². The molecule has 0 amide bonds. The van der Waals surface area contributed by atoms with Crippen LogP contribution in [0, 0.1) is 0 Å². The summed E-state index contributed by atoms with van der Waals surface area (Å²) in [6, 6.07) is 13.0. The summed E-state index contributed by atoms with van der Waals surface area (Å²) in [5, 5.41) is 0. The van der Waals surface area contributed by atoms with Crippen molar-refractivity contribution >= 4 is 17.7 Å². The molecule has 0 radical (unpaired) electrons. The molecular formula is C16H11N5O. The largest absolute Gasteiger partial charge is 0.368 e. The summed E-state index contributed by atoms with van der Waals surface area (Å²) in [6.45, 7) is 0. The molecule has 22 heavy (non-hydrogen) atoms. The molecule has 1 heterocycles. The van der Waals surface area contributed by atoms with Gasteiger partial charge in [0, 0.05) is 16.7 Å². The number of aromatic nitrogens is 3. The van der Waals surface area contributed by atoms with Gasteiger partial charge >= 0.3 is 0 Å². The minimum atomic E-state index is 0.0341. The van der Waals surface area contributed by atoms with Gasteiger partial charge in [0.1, 0.15) is 0 Å². The third-order valence-corrected chi connectivity index (χ3v) is 3.65. The molecule has 4 rings (SSSR count). The number of benzene rings is 2. The minimum Gasteiger partial charge on any atom is -0.368 e. The lowest BCUT2D eigenvalue weighted by atomic mass is 10.0. The fraction of sp³-hybridized carbons (Fsp3) is 0. The number of nitrogens with zero attached hydrogens (tertiary/aromatic N) is 3. The molecule has 0 saturated carbocycles. The molecule has 106 valence electrons. The zero-order chi connectivity index (χ0) is 15.3. The Morgan fingerprint density at radius 3 is 2.09 bits per heavy atom. The van der Waals surface area contributed by atoms with Gasteiger partial charge in [-0.2, -0.15) is 15.0 Å². The molecule has 6 heteroatoms. The fourth-order valence-electron chi connectivity index (χ4n) is 2.70. The number of anilines is 2. The number of nitrogen functional groups attached to an aromatic ring is 2. The van der Waals surface area contributed by atoms with E-state index in [0.29, 0.717) is 17.0 Å². The van der Waals surface area contributed by atoms with Crippen molar-refractivity contribution in [3.05, 3.63) is 53.6 Å². The van der Waals surface area contributed by atoms with Crippen LogP contribution in [0.25, 0.3) is 22.5 Å². The van der Waals surface area contributed by atoms with Crippen molar-refractivity contribution < 1.29 is 4.79 Å². The van der Waals surface area contributed by atoms with E-state index in [0.717, 1.165) is 16.7 Å². The van der Waals surface area contributed by atoms with Crippen LogP contribution in [0.15, 0.2) is 42.5 Å². The van der Waals surface area contributed by atoms with Crippen molar-refractivity contribution in [3.8, 4) is 22.5 Å². The number of hydrogen-bond acceptors (Lipinski definition) is 6. The van der Waals surface area contributed by atoms with Crippen LogP contribution in [0.4, 0.5) is 11.9 Å². The van der Waals surface area contributed by atoms with Gasteiger partial charge in [-0.1, -0.05) is 30.3 Å². The van der Waals surface area contributed by atoms with Gasteiger partial charge in [0.2, 0.25) is 11.9 Å². The van der Waals surface area contributed by atoms with Crippen molar-refractivity contribution in [2.24, 2.45) is 0 Å². The van der Waals surface area contributed by atoms with E-state index in [-0.39, 0.29) is 17.7 Å². The summed E-state index contributed by atoms with van der Waals surface area (Å²) in [5.41, 5.74) is 15.1. The second kappa shape index (κ2) is 4.36. The van der Waals surface area contributed by atoms with E-state index in [1.165, 1.54) is 0 Å². The molecule has 1 aliphatic carbocycles. The van der Waals surface area contributed by atoms with Crippen LogP contribution in [-0.4, -0.2) is 20.7 Å². The predicted molar refractivity (Wildman–Crippen MR) is 83.0 cm³/mol. The Kier molecular flexibility index (Phi) is 2.47. The Morgan fingerprint density at radius 2 is 1.36 bits per heavy atom. The summed E-state index contributed by atoms with van der Waals surface area (Å²) < 4.78 is 0. The normalized spacial score (nSPS) is 12.1. The molecular weight excluding hydrogens is 278 g/mol. The van der Waals surface area contributed by atoms with Gasteiger partial charge in [-0.3, -0.25) is 4.79 Å². The molecule has 0 fully saturated rings. The van der Waals surface area contributed by atoms with Crippen molar-refractivity contribution in [1.29, 1.82) is 0 Å². The van der Waals surface area contributed by atoms with Gasteiger partial charge in [0.15, 0.2) is 11.6 Å². The minimum absolute atomic E-state index is 0.0341. The molecule has 6 nitrogen and oxygen atoms in total. The first-order valence-electron chi connectivity index (χ1n) is 6.69. The summed E-state index contributed by atoms with van der Waals surface area (Å²) in [7, 11) is 0. The van der Waals surface area contributed by atoms with Gasteiger partial charge in [-0.25, -0.2) is 0 Å². The smallest absolute Gasteiger partial charge is 0.225 e. The first-order valence-corrected chi connectivity index (χ1v) is 6.69. The first kappa shape index (κ1) is 12.5. The van der Waals surface area contributed by atoms with Crippen LogP contribution in [0.5, 0.6) is 0 Å². The van der Waals surface area contributed by atoms with E-state index in [1.54, 1.807) is 12.1 Å². The molecule has 0 aliphatic heterocycles. The lowest BCUT2D eigenvalue weighted by molar-refractivity contribution is 0.104. The van der Waals surface area contributed by atoms with Crippen LogP contribution in [0.3, 0.4) is 0 Å². The molecule has 0 spiro atoms. The summed E-state index contributed by atoms with van der Waals surface area (Å²) in [6.07, 6.45) is 0. The van der Waals surface area contributed by atoms with Crippen molar-refractivity contribution in [2.45, 2.75) is 0 Å². The maximum absolute atomic E-state index is 12.4. The maximum Gasteiger partial charge on any atom is 0.225 e. The standard InChI is InChI=1S/C16H11N5O/c17-15-19-14(20-16(18)21-15)8-5-6-11-12(7-8)9-3-1-2-4-10(9)13(11)22/h1-7H,(H4,17,18,19,20,21). The van der Waals surface area contributed by atoms with Crippen LogP contribution in [0.1, 0.15) is 15.9 Å². The first-order chi connectivity index (χ1) is 10.6. The molecule has 2 aromatic carbocycles. The number of carbonyl (C=O) groups excluding carboxylic acids is 1. The zero-order valence-corrected chi connectivity index (χ0v) is 11.4. The molecule has 3 aromatic rings. The Morgan fingerprint density at radius 1 is 0.727 bits per heavy atom. The summed E-state index contributed by atoms with van der Waals surface area (Å²) in [4.78, 5) is 24.3. The summed E-state index contributed by atoms with van der Waals surface area (Å²) in [5.74, 6) is 0.565. The molecule has 1 aliphatic rings. The predicted octanol–water partition coefficient (Wildman–Crippen LogP) is 1.91. The van der Waals surface area contributed by atoms with Gasteiger partial charge in [0.25, 0.3) is 0 Å². The second-order valence-corrected chi connectivity index (χ2v) is 5.01. The highest BCUT2D eigenvalue weighted by molar-refractivity contribution is 6.21. The zero-order valence-electron chi connectivity index (χ0n) is 11.4. The highest BCUT2D eigenvalue weighted by Gasteiger charge is 2.26. The second-order valence-electron chi connectivity index (χ2n) is 5.01. The lowest BCUT2D eigenvalue weighted by Gasteiger charge is -2.05. The average molecular weight is 289 g/mol. The monoisotopic (exact) mass is 289 g/mol. The van der Waals surface area contributed by atoms with Crippen LogP contribution in [0.2, 0.25) is 0 Å². The van der Waals surface area contributed by atoms with Gasteiger partial charge in [0.05, 0.1) is 0 Å². The van der Waals surface area contributed by atoms with Crippen LogP contribution >= 0.6 is 0 Å². The molecule has 4 N–H and O–H groups in total. The van der Waals surface area contributed by atoms with Crippen LogP contribution < -0.4 is 11.5 Å². The highest BCUT2D eigenvalue weighted by atomic mass is 16.1. The van der Waals surface area contributed by atoms with Crippen molar-refractivity contribution in [2.75, 3.05) is 11.5 Å². The Bertz CT molecular complexity index is 915. The lowest BCUT2D eigenvalue weighted by Crippen LogP contribution is -2.04. The van der Waals surface area contributed by atoms with E-state index in [4.69, 9.17) is 11.5 Å². The number of fused-ring (bicyclic) bond motifs is 3. The number of hydrogen-bond donors (Lipinski definition) is 2. The number of rotatable bonds is 1. The van der Waals surface area contributed by atoms with Crippen molar-refractivity contribution in [3.63, 3.8) is 0 Å². The molecule has 0 unspecified atom stereocenters. The molecule has 0 saturated heterocycles. The average Bonchev–Trinajstić information content (AvgIpc) is 2.80. The fourth-order valence-corrected chi connectivity index (χ4v) is 2.70. The van der Waals surface area contributed by atoms with Gasteiger partial charge in [-0.05, 0) is 23.3 Å². The molecule has 0 atom stereocenters. The third-order valence-electron chi connectivity index (χ3n) is 3.65. The summed E-state index contributed by atoms with van der Waals surface area (Å²) >= 11 is 0. The topological polar surface area (TPSA) is 108 Å². The van der Waals surface area contributed by atoms with E-state index in [9.17, 15) is 4.79 Å². The quantitative estimate of drug-likeness (QED) is 0.554. The van der Waals surface area contributed by atoms with E-state index < -0.39 is 0 Å². The van der Waals surface area contributed by atoms with Gasteiger partial charge < -0.3 is 11.5 Å². The van der Waals surface area contributed by atoms with E-state index in [2.05, 4.69) is 15.0 Å². The SMILES string of the molecule is Nc1nc(N)nc(-c2ccc3c(c2)-c2ccccc2C3=O)n1. The Hall–Kier alpha value is -3.28. The van der Waals surface area contributed by atoms with Gasteiger partial charge in [-0.15, -0.1) is 0 Å². The Labute approximate surface area is 125 Å². The highest BCUT2D eigenvalue weighted by Crippen LogP contribution is 2.38. The van der Waals surface area contributed by atoms with E-state index >= 15 is 0 Å². The van der Waals surface area contributed by atoms with Crippen LogP contribution in [-0.2, 0) is 0 Å². The number of carbonyl (C=O) groups is 1. The maximum atomic E-state index is 12.4. The Balaban J connectivity index is 1.92. The number of ketones is 1. The van der Waals surface area contributed by atoms with E-state index in [1.807, 2.05) is 30.3 Å².